The molecule has 0 spiro atoms. The Balaban J connectivity index is 0.000001000. The maximum Gasteiger partial charge on any atom is 0.330 e. The van der Waals surface area contributed by atoms with E-state index in [-0.39, 0.29) is 29.6 Å². The van der Waals surface area contributed by atoms with Crippen LogP contribution in [0.5, 0.6) is 0 Å². The first-order valence-electron chi connectivity index (χ1n) is 2.35. The number of rotatable bonds is 1. The summed E-state index contributed by atoms with van der Waals surface area (Å²) in [5, 5.41) is -0.574. The van der Waals surface area contributed by atoms with Crippen molar-refractivity contribution in [1.82, 2.24) is 9.97 Å². The quantitative estimate of drug-likeness (QED) is 0.355. The molecule has 0 fully saturated rings. The molecule has 1 rings (SSSR count). The van der Waals surface area contributed by atoms with Crippen LogP contribution in [0.2, 0.25) is 0 Å². The fourth-order valence-corrected chi connectivity index (χ4v) is 0.807. The average Bonchev–Trinajstić information content (AvgIpc) is 1.88. The normalized spacial score (nSPS) is 10.3. The molecule has 0 atom stereocenters. The van der Waals surface area contributed by atoms with E-state index in [1.807, 2.05) is 0 Å². The standard InChI is InChI=1S/C4H4N2O3S.Na/c7-10(8,9)4-5-2-1-3-6-4;/h1-3H,(H,7,8,9);. The zero-order valence-electron chi connectivity index (χ0n) is 5.80. The molecule has 11 heavy (non-hydrogen) atoms. The monoisotopic (exact) mass is 183 g/mol. The fourth-order valence-electron chi connectivity index (χ4n) is 0.419. The largest absolute Gasteiger partial charge is 0.330 e. The zero-order chi connectivity index (χ0) is 7.61. The van der Waals surface area contributed by atoms with Crippen molar-refractivity contribution in [2.75, 3.05) is 0 Å². The summed E-state index contributed by atoms with van der Waals surface area (Å²) in [5.74, 6) is 0. The van der Waals surface area contributed by atoms with E-state index in [9.17, 15) is 8.42 Å². The van der Waals surface area contributed by atoms with Crippen molar-refractivity contribution in [3.8, 4) is 0 Å². The van der Waals surface area contributed by atoms with E-state index in [2.05, 4.69) is 9.97 Å². The maximum atomic E-state index is 10.3. The van der Waals surface area contributed by atoms with Gasteiger partial charge in [-0.1, -0.05) is 0 Å². The minimum atomic E-state index is -4.23. The second-order valence-electron chi connectivity index (χ2n) is 1.51. The van der Waals surface area contributed by atoms with Crippen LogP contribution >= 0.6 is 0 Å². The van der Waals surface area contributed by atoms with Gasteiger partial charge in [-0.25, -0.2) is 9.97 Å². The Morgan fingerprint density at radius 2 is 1.73 bits per heavy atom. The summed E-state index contributed by atoms with van der Waals surface area (Å²) in [7, 11) is -4.23. The van der Waals surface area contributed by atoms with Gasteiger partial charge in [-0.05, 0) is 6.07 Å². The molecule has 0 aromatic carbocycles. The molecule has 1 heterocycles. The van der Waals surface area contributed by atoms with Gasteiger partial charge in [0.25, 0.3) is 5.16 Å². The van der Waals surface area contributed by atoms with E-state index in [1.54, 1.807) is 0 Å². The number of hydrogen-bond donors (Lipinski definition) is 1. The van der Waals surface area contributed by atoms with Gasteiger partial charge in [-0.15, -0.1) is 0 Å². The van der Waals surface area contributed by atoms with Crippen LogP contribution in [0.3, 0.4) is 0 Å². The molecule has 5 nitrogen and oxygen atoms in total. The molecule has 7 heteroatoms. The van der Waals surface area contributed by atoms with Crippen molar-refractivity contribution >= 4 is 39.7 Å². The Kier molecular flexibility index (Phi) is 4.12. The van der Waals surface area contributed by atoms with Gasteiger partial charge in [0.1, 0.15) is 0 Å². The molecule has 0 saturated carbocycles. The van der Waals surface area contributed by atoms with E-state index in [0.29, 0.717) is 0 Å². The molecule has 0 aliphatic rings. The molecular formula is C4H4N2NaO3S. The Hall–Kier alpha value is -0.0100. The predicted molar refractivity (Wildman–Crippen MR) is 37.6 cm³/mol. The fraction of sp³-hybridized carbons (Fsp3) is 0. The van der Waals surface area contributed by atoms with Crippen LogP contribution < -0.4 is 0 Å². The van der Waals surface area contributed by atoms with Crippen molar-refractivity contribution in [2.45, 2.75) is 5.16 Å². The third-order valence-corrected chi connectivity index (χ3v) is 1.45. The van der Waals surface area contributed by atoms with Gasteiger partial charge in [-0.2, -0.15) is 8.42 Å². The van der Waals surface area contributed by atoms with Crippen LogP contribution in [0.4, 0.5) is 0 Å². The van der Waals surface area contributed by atoms with Gasteiger partial charge >= 0.3 is 10.1 Å². The second kappa shape index (κ2) is 4.13. The van der Waals surface area contributed by atoms with E-state index in [0.717, 1.165) is 0 Å². The summed E-state index contributed by atoms with van der Waals surface area (Å²) in [5.41, 5.74) is 0. The number of nitrogens with zero attached hydrogens (tertiary/aromatic N) is 2. The van der Waals surface area contributed by atoms with Crippen LogP contribution in [0.15, 0.2) is 23.6 Å². The Labute approximate surface area is 85.9 Å². The Bertz CT molecular complexity index is 311. The summed E-state index contributed by atoms with van der Waals surface area (Å²) >= 11 is 0. The number of hydrogen-bond acceptors (Lipinski definition) is 4. The predicted octanol–water partition coefficient (Wildman–Crippen LogP) is -0.657. The van der Waals surface area contributed by atoms with E-state index < -0.39 is 15.3 Å². The van der Waals surface area contributed by atoms with Crippen LogP contribution in [-0.2, 0) is 10.1 Å². The minimum absolute atomic E-state index is 0. The van der Waals surface area contributed by atoms with Crippen LogP contribution in [0.25, 0.3) is 0 Å². The maximum absolute atomic E-state index is 10.3. The third kappa shape index (κ3) is 3.26. The summed E-state index contributed by atoms with van der Waals surface area (Å²) < 4.78 is 28.9. The SMILES string of the molecule is O=S(=O)(O)c1ncccn1.[Na]. The first kappa shape index (κ1) is 11.0. The first-order chi connectivity index (χ1) is 4.61. The smallest absolute Gasteiger partial charge is 0.279 e. The molecule has 0 amide bonds. The zero-order valence-corrected chi connectivity index (χ0v) is 8.61. The number of aromatic nitrogens is 2. The van der Waals surface area contributed by atoms with Crippen molar-refractivity contribution in [2.24, 2.45) is 0 Å². The summed E-state index contributed by atoms with van der Waals surface area (Å²) in [6, 6.07) is 1.45. The second-order valence-corrected chi connectivity index (χ2v) is 2.82. The minimum Gasteiger partial charge on any atom is -0.279 e. The average molecular weight is 183 g/mol. The van der Waals surface area contributed by atoms with Crippen molar-refractivity contribution in [3.63, 3.8) is 0 Å². The first-order valence-corrected chi connectivity index (χ1v) is 3.79. The van der Waals surface area contributed by atoms with Gasteiger partial charge < -0.3 is 0 Å². The van der Waals surface area contributed by atoms with E-state index >= 15 is 0 Å². The molecule has 0 bridgehead atoms. The summed E-state index contributed by atoms with van der Waals surface area (Å²) in [4.78, 5) is 6.60. The summed E-state index contributed by atoms with van der Waals surface area (Å²) in [6.07, 6.45) is 2.46. The molecule has 55 valence electrons. The van der Waals surface area contributed by atoms with E-state index in [4.69, 9.17) is 4.55 Å². The van der Waals surface area contributed by atoms with Crippen LogP contribution in [-0.4, -0.2) is 52.5 Å². The van der Waals surface area contributed by atoms with Gasteiger partial charge in [0.2, 0.25) is 0 Å². The molecule has 1 aromatic heterocycles. The van der Waals surface area contributed by atoms with Crippen molar-refractivity contribution in [3.05, 3.63) is 18.5 Å². The molecule has 0 aliphatic carbocycles. The Morgan fingerprint density at radius 1 is 1.27 bits per heavy atom. The van der Waals surface area contributed by atoms with Crippen LogP contribution in [0, 0.1) is 0 Å². The van der Waals surface area contributed by atoms with Crippen molar-refractivity contribution in [1.29, 1.82) is 0 Å². The Morgan fingerprint density at radius 3 is 2.00 bits per heavy atom. The molecule has 0 saturated heterocycles. The van der Waals surface area contributed by atoms with Gasteiger partial charge in [0.05, 0.1) is 0 Å². The van der Waals surface area contributed by atoms with Crippen LogP contribution in [0.1, 0.15) is 0 Å². The molecule has 0 aliphatic heterocycles. The molecule has 1 aromatic rings. The topological polar surface area (TPSA) is 80.2 Å². The van der Waals surface area contributed by atoms with Gasteiger partial charge in [0, 0.05) is 42.0 Å². The van der Waals surface area contributed by atoms with Gasteiger partial charge in [0.15, 0.2) is 0 Å². The van der Waals surface area contributed by atoms with E-state index in [1.165, 1.54) is 18.5 Å². The molecule has 1 N–H and O–H groups in total. The summed E-state index contributed by atoms with van der Waals surface area (Å²) in [6.45, 7) is 0. The molecule has 1 radical (unpaired) electrons. The van der Waals surface area contributed by atoms with Crippen molar-refractivity contribution < 1.29 is 13.0 Å². The molecular weight excluding hydrogens is 179 g/mol. The van der Waals surface area contributed by atoms with Gasteiger partial charge in [-0.3, -0.25) is 4.55 Å². The third-order valence-electron chi connectivity index (χ3n) is 0.773. The molecule has 0 unspecified atom stereocenters.